The minimum Gasteiger partial charge on any atom is -0.392 e. The topological polar surface area (TPSA) is 58.8 Å². The van der Waals surface area contributed by atoms with Gasteiger partial charge in [-0.05, 0) is 27.7 Å². The first kappa shape index (κ1) is 17.3. The second kappa shape index (κ2) is 6.37. The van der Waals surface area contributed by atoms with E-state index in [0.717, 1.165) is 13.1 Å². The van der Waals surface area contributed by atoms with Gasteiger partial charge in [0.25, 0.3) is 0 Å². The highest BCUT2D eigenvalue weighted by atomic mass is 32.1. The van der Waals surface area contributed by atoms with E-state index in [1.807, 2.05) is 32.6 Å². The molecule has 0 aliphatic carbocycles. The average molecular weight is 301 g/mol. The van der Waals surface area contributed by atoms with Gasteiger partial charge in [-0.25, -0.2) is 0 Å². The van der Waals surface area contributed by atoms with Crippen LogP contribution in [-0.4, -0.2) is 65.1 Å². The molecule has 0 bridgehead atoms. The maximum atomic E-state index is 12.2. The Labute approximate surface area is 127 Å². The maximum absolute atomic E-state index is 12.2. The molecule has 6 heteroatoms. The lowest BCUT2D eigenvalue weighted by Crippen LogP contribution is -2.60. The molecule has 1 heterocycles. The molecular weight excluding hydrogens is 274 g/mol. The lowest BCUT2D eigenvalue weighted by Gasteiger charge is -2.43. The molecule has 0 aromatic rings. The van der Waals surface area contributed by atoms with E-state index in [9.17, 15) is 4.79 Å². The Morgan fingerprint density at radius 3 is 2.10 bits per heavy atom. The van der Waals surface area contributed by atoms with Crippen LogP contribution in [0.15, 0.2) is 0 Å². The molecule has 5 nitrogen and oxygen atoms in total. The van der Waals surface area contributed by atoms with Gasteiger partial charge in [0.15, 0.2) is 0 Å². The molecule has 1 aliphatic rings. The van der Waals surface area contributed by atoms with Crippen molar-refractivity contribution in [1.29, 1.82) is 0 Å². The van der Waals surface area contributed by atoms with E-state index >= 15 is 0 Å². The highest BCUT2D eigenvalue weighted by Gasteiger charge is 2.34. The third kappa shape index (κ3) is 4.14. The first-order valence-corrected chi connectivity index (χ1v) is 7.39. The normalized spacial score (nSPS) is 18.1. The third-order valence-electron chi connectivity index (χ3n) is 4.16. The molecule has 0 aromatic heterocycles. The number of piperazine rings is 1. The molecule has 0 aromatic carbocycles. The van der Waals surface area contributed by atoms with Crippen molar-refractivity contribution < 1.29 is 9.53 Å². The van der Waals surface area contributed by atoms with Crippen LogP contribution in [0, 0.1) is 0 Å². The van der Waals surface area contributed by atoms with E-state index in [1.165, 1.54) is 0 Å². The second-order valence-electron chi connectivity index (χ2n) is 6.43. The van der Waals surface area contributed by atoms with E-state index in [-0.39, 0.29) is 11.4 Å². The molecule has 1 saturated heterocycles. The van der Waals surface area contributed by atoms with Gasteiger partial charge in [-0.2, -0.15) is 0 Å². The first-order valence-electron chi connectivity index (χ1n) is 6.98. The zero-order chi connectivity index (χ0) is 15.6. The Hall–Kier alpha value is -0.720. The summed E-state index contributed by atoms with van der Waals surface area (Å²) in [5.41, 5.74) is 5.08. The van der Waals surface area contributed by atoms with E-state index in [1.54, 1.807) is 7.11 Å². The Morgan fingerprint density at radius 1 is 1.20 bits per heavy atom. The summed E-state index contributed by atoms with van der Waals surface area (Å²) in [5, 5.41) is 0. The number of hydrogen-bond acceptors (Lipinski definition) is 4. The molecule has 116 valence electrons. The van der Waals surface area contributed by atoms with Crippen LogP contribution in [0.2, 0.25) is 0 Å². The van der Waals surface area contributed by atoms with Crippen LogP contribution >= 0.6 is 12.2 Å². The van der Waals surface area contributed by atoms with Crippen molar-refractivity contribution in [2.24, 2.45) is 5.73 Å². The van der Waals surface area contributed by atoms with Crippen molar-refractivity contribution in [1.82, 2.24) is 9.80 Å². The predicted octanol–water partition coefficient (Wildman–Crippen LogP) is 1.01. The van der Waals surface area contributed by atoms with Crippen LogP contribution < -0.4 is 5.73 Å². The maximum Gasteiger partial charge on any atom is 0.225 e. The second-order valence-corrected chi connectivity index (χ2v) is 6.87. The lowest BCUT2D eigenvalue weighted by atomic mass is 10.0. The summed E-state index contributed by atoms with van der Waals surface area (Å²) in [5.74, 6) is 0.143. The summed E-state index contributed by atoms with van der Waals surface area (Å²) in [6.45, 7) is 10.9. The Bertz CT molecular complexity index is 375. The zero-order valence-corrected chi connectivity index (χ0v) is 14.0. The number of rotatable bonds is 5. The fourth-order valence-electron chi connectivity index (χ4n) is 2.22. The van der Waals surface area contributed by atoms with Gasteiger partial charge in [-0.15, -0.1) is 0 Å². The van der Waals surface area contributed by atoms with Crippen LogP contribution in [0.4, 0.5) is 0 Å². The van der Waals surface area contributed by atoms with Crippen LogP contribution in [0.25, 0.3) is 0 Å². The van der Waals surface area contributed by atoms with Gasteiger partial charge in [-0.3, -0.25) is 9.69 Å². The SMILES string of the molecule is COC(C)(C)CC(=O)N1CCN(C(C)(C)C(N)=S)CC1. The van der Waals surface area contributed by atoms with E-state index in [2.05, 4.69) is 4.90 Å². The Kier molecular flexibility index (Phi) is 5.52. The third-order valence-corrected chi connectivity index (χ3v) is 4.66. The van der Waals surface area contributed by atoms with Crippen molar-refractivity contribution >= 4 is 23.1 Å². The average Bonchev–Trinajstić information content (AvgIpc) is 2.38. The molecule has 1 amide bonds. The molecule has 20 heavy (non-hydrogen) atoms. The number of ether oxygens (including phenoxy) is 1. The summed E-state index contributed by atoms with van der Waals surface area (Å²) >= 11 is 5.12. The summed E-state index contributed by atoms with van der Waals surface area (Å²) in [7, 11) is 1.63. The highest BCUT2D eigenvalue weighted by Crippen LogP contribution is 2.20. The quantitative estimate of drug-likeness (QED) is 0.768. The molecule has 0 spiro atoms. The Morgan fingerprint density at radius 2 is 1.70 bits per heavy atom. The molecule has 1 rings (SSSR count). The van der Waals surface area contributed by atoms with E-state index in [0.29, 0.717) is 24.5 Å². The predicted molar refractivity (Wildman–Crippen MR) is 84.7 cm³/mol. The number of nitrogens with zero attached hydrogens (tertiary/aromatic N) is 2. The number of carbonyl (C=O) groups excluding carboxylic acids is 1. The molecule has 0 unspecified atom stereocenters. The van der Waals surface area contributed by atoms with Gasteiger partial charge in [0.05, 0.1) is 22.5 Å². The van der Waals surface area contributed by atoms with Crippen molar-refractivity contribution in [3.05, 3.63) is 0 Å². The first-order chi connectivity index (χ1) is 9.10. The molecule has 0 radical (unpaired) electrons. The van der Waals surface area contributed by atoms with Crippen LogP contribution in [0.1, 0.15) is 34.1 Å². The van der Waals surface area contributed by atoms with Crippen molar-refractivity contribution in [3.63, 3.8) is 0 Å². The number of amides is 1. The van der Waals surface area contributed by atoms with Crippen molar-refractivity contribution in [3.8, 4) is 0 Å². The zero-order valence-electron chi connectivity index (χ0n) is 13.2. The molecular formula is C14H27N3O2S. The smallest absolute Gasteiger partial charge is 0.225 e. The highest BCUT2D eigenvalue weighted by molar-refractivity contribution is 7.80. The standard InChI is InChI=1S/C14H27N3O2S/c1-13(2,19-5)10-11(18)16-6-8-17(9-7-16)14(3,4)12(15)20/h6-10H2,1-5H3,(H2,15,20). The van der Waals surface area contributed by atoms with Crippen LogP contribution in [0.5, 0.6) is 0 Å². The van der Waals surface area contributed by atoms with Gasteiger partial charge >= 0.3 is 0 Å². The number of nitrogens with two attached hydrogens (primary N) is 1. The molecule has 2 N–H and O–H groups in total. The fourth-order valence-corrected chi connectivity index (χ4v) is 2.35. The van der Waals surface area contributed by atoms with Gasteiger partial charge in [-0.1, -0.05) is 12.2 Å². The molecule has 0 atom stereocenters. The van der Waals surface area contributed by atoms with Crippen molar-refractivity contribution in [2.45, 2.75) is 45.3 Å². The summed E-state index contributed by atoms with van der Waals surface area (Å²) < 4.78 is 5.31. The number of thiocarbonyl (C=S) groups is 1. The minimum atomic E-state index is -0.410. The van der Waals surface area contributed by atoms with Gasteiger partial charge in [0.2, 0.25) is 5.91 Å². The molecule has 0 saturated carbocycles. The number of hydrogen-bond donors (Lipinski definition) is 1. The van der Waals surface area contributed by atoms with Crippen molar-refractivity contribution in [2.75, 3.05) is 33.3 Å². The lowest BCUT2D eigenvalue weighted by molar-refractivity contribution is -0.138. The van der Waals surface area contributed by atoms with Gasteiger partial charge in [0.1, 0.15) is 0 Å². The molecule has 1 fully saturated rings. The fraction of sp³-hybridized carbons (Fsp3) is 0.857. The van der Waals surface area contributed by atoms with Gasteiger partial charge in [0, 0.05) is 33.3 Å². The molecule has 1 aliphatic heterocycles. The summed E-state index contributed by atoms with van der Waals surface area (Å²) in [6.07, 6.45) is 0.405. The minimum absolute atomic E-state index is 0.143. The van der Waals surface area contributed by atoms with Crippen LogP contribution in [-0.2, 0) is 9.53 Å². The van der Waals surface area contributed by atoms with Gasteiger partial charge < -0.3 is 15.4 Å². The summed E-state index contributed by atoms with van der Waals surface area (Å²) in [6, 6.07) is 0. The number of carbonyl (C=O) groups is 1. The largest absolute Gasteiger partial charge is 0.392 e. The van der Waals surface area contributed by atoms with Crippen LogP contribution in [0.3, 0.4) is 0 Å². The number of methoxy groups -OCH3 is 1. The summed E-state index contributed by atoms with van der Waals surface area (Å²) in [4.78, 5) is 16.9. The van der Waals surface area contributed by atoms with E-state index < -0.39 is 5.60 Å². The monoisotopic (exact) mass is 301 g/mol. The van der Waals surface area contributed by atoms with E-state index in [4.69, 9.17) is 22.7 Å². The Balaban J connectivity index is 2.55.